The predicted octanol–water partition coefficient (Wildman–Crippen LogP) is 4.59. The van der Waals surface area contributed by atoms with Crippen LogP contribution in [0.3, 0.4) is 0 Å². The van der Waals surface area contributed by atoms with Crippen molar-refractivity contribution in [3.05, 3.63) is 76.8 Å². The van der Waals surface area contributed by atoms with Gasteiger partial charge in [-0.15, -0.1) is 24.5 Å². The first kappa shape index (κ1) is 20.9. The zero-order valence-electron chi connectivity index (χ0n) is 16.1. The number of nitrogens with zero attached hydrogens (tertiary/aromatic N) is 2. The van der Waals surface area contributed by atoms with Gasteiger partial charge in [-0.25, -0.2) is 4.98 Å². The van der Waals surface area contributed by atoms with Crippen molar-refractivity contribution in [2.24, 2.45) is 0 Å². The van der Waals surface area contributed by atoms with E-state index in [0.29, 0.717) is 21.8 Å². The molecule has 2 unspecified atom stereocenters. The Balaban J connectivity index is 1.80. The van der Waals surface area contributed by atoms with Gasteiger partial charge < -0.3 is 15.0 Å². The number of carbonyl (C=O) groups excluding carboxylic acids is 2. The number of likely N-dealkylation sites (N-methyl/N-ethyl adjacent to an activating group) is 1. The molecule has 1 aliphatic heterocycles. The first-order chi connectivity index (χ1) is 14.7. The van der Waals surface area contributed by atoms with Gasteiger partial charge in [0, 0.05) is 24.2 Å². The Kier molecular flexibility index (Phi) is 5.40. The van der Waals surface area contributed by atoms with Crippen LogP contribution in [0.2, 0.25) is 0 Å². The van der Waals surface area contributed by atoms with Crippen LogP contribution in [0.1, 0.15) is 33.4 Å². The molecular weight excluding hydrogens is 431 g/mol. The Morgan fingerprint density at radius 2 is 1.97 bits per heavy atom. The number of alkyl halides is 3. The number of aromatic nitrogens is 1. The van der Waals surface area contributed by atoms with Crippen LogP contribution in [0.15, 0.2) is 60.1 Å². The number of anilines is 1. The highest BCUT2D eigenvalue weighted by Gasteiger charge is 2.43. The van der Waals surface area contributed by atoms with E-state index in [4.69, 9.17) is 0 Å². The fraction of sp³-hybridized carbons (Fsp3) is 0.190. The van der Waals surface area contributed by atoms with Crippen molar-refractivity contribution in [2.45, 2.75) is 18.3 Å². The monoisotopic (exact) mass is 447 g/mol. The van der Waals surface area contributed by atoms with Gasteiger partial charge in [0.2, 0.25) is 5.91 Å². The molecule has 0 saturated carbocycles. The van der Waals surface area contributed by atoms with Crippen LogP contribution in [0, 0.1) is 0 Å². The molecule has 0 spiro atoms. The minimum atomic E-state index is -4.86. The van der Waals surface area contributed by atoms with Gasteiger partial charge in [0.1, 0.15) is 5.75 Å². The Morgan fingerprint density at radius 3 is 2.68 bits per heavy atom. The predicted molar refractivity (Wildman–Crippen MR) is 108 cm³/mol. The number of fused-ring (bicyclic) bond motifs is 1. The van der Waals surface area contributed by atoms with Crippen molar-refractivity contribution >= 4 is 28.3 Å². The Labute approximate surface area is 179 Å². The van der Waals surface area contributed by atoms with Crippen molar-refractivity contribution in [1.29, 1.82) is 0 Å². The van der Waals surface area contributed by atoms with E-state index in [9.17, 15) is 22.8 Å². The molecule has 0 radical (unpaired) electrons. The van der Waals surface area contributed by atoms with E-state index in [1.807, 2.05) is 0 Å². The molecule has 160 valence electrons. The highest BCUT2D eigenvalue weighted by Crippen LogP contribution is 2.43. The highest BCUT2D eigenvalue weighted by molar-refractivity contribution is 7.13. The molecule has 0 saturated heterocycles. The maximum Gasteiger partial charge on any atom is 0.573 e. The summed E-state index contributed by atoms with van der Waals surface area (Å²) in [5, 5.41) is 4.83. The number of amides is 2. The molecule has 2 heterocycles. The van der Waals surface area contributed by atoms with Crippen molar-refractivity contribution < 1.29 is 27.5 Å². The quantitative estimate of drug-likeness (QED) is 0.635. The smallest absolute Gasteiger partial charge is 0.406 e. The van der Waals surface area contributed by atoms with Crippen LogP contribution < -0.4 is 10.1 Å². The number of benzene rings is 2. The van der Waals surface area contributed by atoms with Crippen molar-refractivity contribution in [2.75, 3.05) is 12.4 Å². The van der Waals surface area contributed by atoms with Crippen LogP contribution in [0.5, 0.6) is 5.75 Å². The second-order valence-electron chi connectivity index (χ2n) is 6.87. The van der Waals surface area contributed by atoms with E-state index in [2.05, 4.69) is 15.0 Å². The lowest BCUT2D eigenvalue weighted by Crippen LogP contribution is -2.44. The third kappa shape index (κ3) is 4.24. The number of carbonyl (C=O) groups is 2. The van der Waals surface area contributed by atoms with E-state index < -0.39 is 30.0 Å². The minimum absolute atomic E-state index is 0.332. The molecule has 1 N–H and O–H groups in total. The number of hydrogen-bond acceptors (Lipinski definition) is 5. The first-order valence-corrected chi connectivity index (χ1v) is 10.0. The number of nitrogens with one attached hydrogen (secondary N) is 1. The summed E-state index contributed by atoms with van der Waals surface area (Å²) < 4.78 is 42.2. The number of halogens is 3. The van der Waals surface area contributed by atoms with Gasteiger partial charge in [0.15, 0.2) is 5.13 Å². The lowest BCUT2D eigenvalue weighted by molar-refractivity contribution is -0.274. The van der Waals surface area contributed by atoms with E-state index in [0.717, 1.165) is 0 Å². The highest BCUT2D eigenvalue weighted by atomic mass is 32.1. The summed E-state index contributed by atoms with van der Waals surface area (Å²) in [6.07, 6.45) is -3.32. The van der Waals surface area contributed by atoms with E-state index >= 15 is 0 Å². The summed E-state index contributed by atoms with van der Waals surface area (Å²) >= 11 is 1.24. The maximum absolute atomic E-state index is 13.3. The summed E-state index contributed by atoms with van der Waals surface area (Å²) in [6, 6.07) is 11.2. The zero-order chi connectivity index (χ0) is 22.2. The van der Waals surface area contributed by atoms with Crippen molar-refractivity contribution in [3.8, 4) is 5.75 Å². The molecule has 2 aromatic carbocycles. The van der Waals surface area contributed by atoms with Gasteiger partial charge >= 0.3 is 6.36 Å². The third-order valence-corrected chi connectivity index (χ3v) is 5.65. The molecule has 3 aromatic rings. The molecule has 1 aliphatic rings. The zero-order valence-corrected chi connectivity index (χ0v) is 16.9. The molecule has 4 rings (SSSR count). The fourth-order valence-corrected chi connectivity index (χ4v) is 4.27. The fourth-order valence-electron chi connectivity index (χ4n) is 3.74. The van der Waals surface area contributed by atoms with Crippen LogP contribution in [0.4, 0.5) is 18.3 Å². The molecular formula is C21H16F3N3O3S. The Morgan fingerprint density at radius 1 is 1.19 bits per heavy atom. The number of thiazole rings is 1. The SMILES string of the molecule is CN1C(=O)c2ccccc2C(C(=O)Nc2nccs2)C1c1cccc(OC(F)(F)F)c1. The van der Waals surface area contributed by atoms with Gasteiger partial charge in [0.05, 0.1) is 12.0 Å². The van der Waals surface area contributed by atoms with Gasteiger partial charge in [0.25, 0.3) is 5.91 Å². The minimum Gasteiger partial charge on any atom is -0.406 e. The van der Waals surface area contributed by atoms with Gasteiger partial charge in [-0.2, -0.15) is 0 Å². The Hall–Kier alpha value is -3.40. The largest absolute Gasteiger partial charge is 0.573 e. The number of hydrogen-bond donors (Lipinski definition) is 1. The topological polar surface area (TPSA) is 71.5 Å². The first-order valence-electron chi connectivity index (χ1n) is 9.17. The molecule has 0 bridgehead atoms. The van der Waals surface area contributed by atoms with Gasteiger partial charge in [-0.1, -0.05) is 30.3 Å². The second kappa shape index (κ2) is 8.03. The molecule has 0 aliphatic carbocycles. The standard InChI is InChI=1S/C21H16F3N3O3S/c1-27-17(12-5-4-6-13(11-12)30-21(22,23)24)16(18(28)26-20-25-9-10-31-20)14-7-2-3-8-15(14)19(27)29/h2-11,16-17H,1H3,(H,25,26,28). The molecule has 31 heavy (non-hydrogen) atoms. The normalized spacial score (nSPS) is 18.5. The van der Waals surface area contributed by atoms with Crippen LogP contribution in [-0.4, -0.2) is 35.1 Å². The van der Waals surface area contributed by atoms with Crippen molar-refractivity contribution in [1.82, 2.24) is 9.88 Å². The van der Waals surface area contributed by atoms with E-state index in [1.165, 1.54) is 41.5 Å². The summed E-state index contributed by atoms with van der Waals surface area (Å²) in [7, 11) is 1.52. The molecule has 1 aromatic heterocycles. The number of ether oxygens (including phenoxy) is 1. The Bertz CT molecular complexity index is 1120. The lowest BCUT2D eigenvalue weighted by Gasteiger charge is -2.39. The van der Waals surface area contributed by atoms with Crippen molar-refractivity contribution in [3.63, 3.8) is 0 Å². The summed E-state index contributed by atoms with van der Waals surface area (Å²) in [6.45, 7) is 0. The molecule has 10 heteroatoms. The lowest BCUT2D eigenvalue weighted by atomic mass is 9.79. The molecule has 2 atom stereocenters. The summed E-state index contributed by atoms with van der Waals surface area (Å²) in [5.41, 5.74) is 1.20. The van der Waals surface area contributed by atoms with Crippen LogP contribution in [0.25, 0.3) is 0 Å². The molecule has 6 nitrogen and oxygen atoms in total. The van der Waals surface area contributed by atoms with Gasteiger partial charge in [-0.05, 0) is 29.3 Å². The summed E-state index contributed by atoms with van der Waals surface area (Å²) in [5.74, 6) is -2.05. The third-order valence-electron chi connectivity index (χ3n) is 4.96. The molecule has 2 amide bonds. The van der Waals surface area contributed by atoms with Gasteiger partial charge in [-0.3, -0.25) is 9.59 Å². The maximum atomic E-state index is 13.3. The summed E-state index contributed by atoms with van der Waals surface area (Å²) in [4.78, 5) is 31.7. The van der Waals surface area contributed by atoms with Crippen LogP contribution in [-0.2, 0) is 4.79 Å². The average molecular weight is 447 g/mol. The average Bonchev–Trinajstić information content (AvgIpc) is 3.22. The van der Waals surface area contributed by atoms with E-state index in [1.54, 1.807) is 41.9 Å². The van der Waals surface area contributed by atoms with E-state index in [-0.39, 0.29) is 5.91 Å². The molecule has 0 fully saturated rings. The second-order valence-corrected chi connectivity index (χ2v) is 7.77. The number of rotatable bonds is 4. The van der Waals surface area contributed by atoms with Crippen LogP contribution >= 0.6 is 11.3 Å².